The molecule has 0 atom stereocenters. The molecule has 2 heteroatoms. The number of hydrogen-bond donors (Lipinski definition) is 0. The van der Waals surface area contributed by atoms with E-state index >= 15 is 0 Å². The van der Waals surface area contributed by atoms with Crippen LogP contribution in [0.5, 0.6) is 0 Å². The van der Waals surface area contributed by atoms with Gasteiger partial charge in [0.05, 0.1) is 0 Å². The van der Waals surface area contributed by atoms with Crippen LogP contribution in [-0.2, 0) is 0 Å². The first kappa shape index (κ1) is 7.70. The van der Waals surface area contributed by atoms with Gasteiger partial charge in [0, 0.05) is 5.71 Å². The monoisotopic (exact) mass is 131 g/mol. The second-order valence-corrected chi connectivity index (χ2v) is 1.66. The van der Waals surface area contributed by atoms with Gasteiger partial charge in [0.2, 0.25) is 0 Å². The van der Waals surface area contributed by atoms with E-state index in [1.54, 1.807) is 0 Å². The minimum atomic E-state index is 0.357. The zero-order valence-corrected chi connectivity index (χ0v) is 5.94. The lowest BCUT2D eigenvalue weighted by Crippen LogP contribution is -1.82. The van der Waals surface area contributed by atoms with Crippen molar-refractivity contribution in [2.45, 2.75) is 13.8 Å². The van der Waals surface area contributed by atoms with E-state index in [9.17, 15) is 0 Å². The SMILES string of the molecule is C/C=C/C(C)=N\CCl. The summed E-state index contributed by atoms with van der Waals surface area (Å²) in [5, 5.41) is 0. The number of rotatable bonds is 2. The van der Waals surface area contributed by atoms with Gasteiger partial charge in [0.1, 0.15) is 6.00 Å². The van der Waals surface area contributed by atoms with E-state index in [0.29, 0.717) is 6.00 Å². The van der Waals surface area contributed by atoms with Crippen molar-refractivity contribution in [3.8, 4) is 0 Å². The molecule has 0 N–H and O–H groups in total. The van der Waals surface area contributed by atoms with Crippen LogP contribution in [-0.4, -0.2) is 11.7 Å². The van der Waals surface area contributed by atoms with E-state index < -0.39 is 0 Å². The summed E-state index contributed by atoms with van der Waals surface area (Å²) in [7, 11) is 0. The van der Waals surface area contributed by atoms with E-state index in [4.69, 9.17) is 11.6 Å². The molecule has 0 spiro atoms. The molecular formula is C6H10ClN. The van der Waals surface area contributed by atoms with Crippen LogP contribution in [0.1, 0.15) is 13.8 Å². The predicted octanol–water partition coefficient (Wildman–Crippen LogP) is 2.22. The molecule has 0 heterocycles. The third-order valence-corrected chi connectivity index (χ3v) is 0.837. The molecule has 0 fully saturated rings. The standard InChI is InChI=1S/C6H10ClN/c1-3-4-6(2)8-5-7/h3-4H,5H2,1-2H3/b4-3+,8-6-. The molecule has 0 saturated heterocycles. The highest BCUT2D eigenvalue weighted by Crippen LogP contribution is 1.82. The molecule has 0 aromatic heterocycles. The maximum atomic E-state index is 5.31. The van der Waals surface area contributed by atoms with Gasteiger partial charge < -0.3 is 0 Å². The van der Waals surface area contributed by atoms with E-state index in [1.807, 2.05) is 26.0 Å². The Kier molecular flexibility index (Phi) is 4.67. The van der Waals surface area contributed by atoms with Crippen LogP contribution in [0.2, 0.25) is 0 Å². The number of nitrogens with zero attached hydrogens (tertiary/aromatic N) is 1. The van der Waals surface area contributed by atoms with Gasteiger partial charge in [-0.2, -0.15) is 0 Å². The summed E-state index contributed by atoms with van der Waals surface area (Å²) in [6.07, 6.45) is 3.85. The lowest BCUT2D eigenvalue weighted by Gasteiger charge is -1.84. The summed E-state index contributed by atoms with van der Waals surface area (Å²) >= 11 is 5.31. The highest BCUT2D eigenvalue weighted by molar-refractivity contribution is 6.18. The molecule has 1 nitrogen and oxygen atoms in total. The first-order valence-corrected chi connectivity index (χ1v) is 3.04. The van der Waals surface area contributed by atoms with Crippen molar-refractivity contribution in [2.75, 3.05) is 6.00 Å². The minimum absolute atomic E-state index is 0.357. The van der Waals surface area contributed by atoms with Gasteiger partial charge in [-0.25, -0.2) is 0 Å². The maximum Gasteiger partial charge on any atom is 0.113 e. The maximum absolute atomic E-state index is 5.31. The molecule has 8 heavy (non-hydrogen) atoms. The highest BCUT2D eigenvalue weighted by Gasteiger charge is 1.76. The molecule has 0 aromatic rings. The van der Waals surface area contributed by atoms with Gasteiger partial charge in [-0.15, -0.1) is 11.6 Å². The quantitative estimate of drug-likeness (QED) is 0.310. The normalized spacial score (nSPS) is 13.1. The van der Waals surface area contributed by atoms with Crippen LogP contribution in [0, 0.1) is 0 Å². The van der Waals surface area contributed by atoms with Gasteiger partial charge in [-0.1, -0.05) is 6.08 Å². The van der Waals surface area contributed by atoms with E-state index in [-0.39, 0.29) is 0 Å². The van der Waals surface area contributed by atoms with E-state index in [1.165, 1.54) is 0 Å². The molecule has 0 bridgehead atoms. The average molecular weight is 132 g/mol. The second-order valence-electron chi connectivity index (χ2n) is 1.42. The Hall–Kier alpha value is -0.300. The molecule has 0 aliphatic rings. The fraction of sp³-hybridized carbons (Fsp3) is 0.500. The second kappa shape index (κ2) is 4.85. The summed E-state index contributed by atoms with van der Waals surface area (Å²) in [5.74, 6) is 0. The Morgan fingerprint density at radius 1 is 1.75 bits per heavy atom. The molecule has 0 saturated carbocycles. The third-order valence-electron chi connectivity index (χ3n) is 0.717. The summed E-state index contributed by atoms with van der Waals surface area (Å²) in [5.41, 5.74) is 0.975. The fourth-order valence-electron chi connectivity index (χ4n) is 0.388. The first-order chi connectivity index (χ1) is 3.81. The van der Waals surface area contributed by atoms with Gasteiger partial charge in [-0.3, -0.25) is 4.99 Å². The molecule has 0 unspecified atom stereocenters. The fourth-order valence-corrected chi connectivity index (χ4v) is 0.577. The Morgan fingerprint density at radius 3 is 2.75 bits per heavy atom. The van der Waals surface area contributed by atoms with E-state index in [2.05, 4.69) is 4.99 Å². The van der Waals surface area contributed by atoms with Crippen molar-refractivity contribution in [2.24, 2.45) is 4.99 Å². The third kappa shape index (κ3) is 3.88. The van der Waals surface area contributed by atoms with Crippen LogP contribution in [0.25, 0.3) is 0 Å². The van der Waals surface area contributed by atoms with Gasteiger partial charge >= 0.3 is 0 Å². The largest absolute Gasteiger partial charge is 0.274 e. The smallest absolute Gasteiger partial charge is 0.113 e. The lowest BCUT2D eigenvalue weighted by molar-refractivity contribution is 1.35. The van der Waals surface area contributed by atoms with Crippen LogP contribution < -0.4 is 0 Å². The zero-order valence-electron chi connectivity index (χ0n) is 5.19. The minimum Gasteiger partial charge on any atom is -0.274 e. The summed E-state index contributed by atoms with van der Waals surface area (Å²) < 4.78 is 0. The van der Waals surface area contributed by atoms with Crippen molar-refractivity contribution in [1.29, 1.82) is 0 Å². The van der Waals surface area contributed by atoms with Crippen molar-refractivity contribution in [1.82, 2.24) is 0 Å². The zero-order chi connectivity index (χ0) is 6.41. The average Bonchev–Trinajstić information content (AvgIpc) is 1.68. The topological polar surface area (TPSA) is 12.4 Å². The van der Waals surface area contributed by atoms with Crippen LogP contribution in [0.15, 0.2) is 17.1 Å². The molecule has 0 radical (unpaired) electrons. The van der Waals surface area contributed by atoms with Crippen molar-refractivity contribution in [3.63, 3.8) is 0 Å². The number of halogens is 1. The number of allylic oxidation sites excluding steroid dienone is 2. The lowest BCUT2D eigenvalue weighted by atomic mass is 10.4. The highest BCUT2D eigenvalue weighted by atomic mass is 35.5. The van der Waals surface area contributed by atoms with Crippen LogP contribution in [0.3, 0.4) is 0 Å². The molecule has 0 aliphatic carbocycles. The molecule has 0 amide bonds. The number of alkyl halides is 1. The predicted molar refractivity (Wildman–Crippen MR) is 38.6 cm³/mol. The summed E-state index contributed by atoms with van der Waals surface area (Å²) in [6.45, 7) is 3.87. The van der Waals surface area contributed by atoms with Gasteiger partial charge in [0.15, 0.2) is 0 Å². The molecule has 0 aliphatic heterocycles. The van der Waals surface area contributed by atoms with Gasteiger partial charge in [-0.05, 0) is 19.9 Å². The Bertz CT molecular complexity index is 105. The molecular weight excluding hydrogens is 122 g/mol. The molecule has 0 aromatic carbocycles. The number of aliphatic imine (C=N–C) groups is 1. The Morgan fingerprint density at radius 2 is 2.38 bits per heavy atom. The van der Waals surface area contributed by atoms with Crippen molar-refractivity contribution < 1.29 is 0 Å². The van der Waals surface area contributed by atoms with Crippen LogP contribution in [0.4, 0.5) is 0 Å². The van der Waals surface area contributed by atoms with Gasteiger partial charge in [0.25, 0.3) is 0 Å². The van der Waals surface area contributed by atoms with Crippen molar-refractivity contribution in [3.05, 3.63) is 12.2 Å². The molecule has 46 valence electrons. The first-order valence-electron chi connectivity index (χ1n) is 2.51. The summed E-state index contributed by atoms with van der Waals surface area (Å²) in [6, 6.07) is 0.357. The van der Waals surface area contributed by atoms with Crippen LogP contribution >= 0.6 is 11.6 Å². The Balaban J connectivity index is 3.61. The summed E-state index contributed by atoms with van der Waals surface area (Å²) in [4.78, 5) is 3.91. The molecule has 0 rings (SSSR count). The number of hydrogen-bond acceptors (Lipinski definition) is 1. The van der Waals surface area contributed by atoms with E-state index in [0.717, 1.165) is 5.71 Å². The van der Waals surface area contributed by atoms with Crippen molar-refractivity contribution >= 4 is 17.3 Å². The Labute approximate surface area is 55.1 Å².